The number of anilines is 2. The van der Waals surface area contributed by atoms with Crippen molar-refractivity contribution in [2.75, 3.05) is 16.8 Å². The van der Waals surface area contributed by atoms with Gasteiger partial charge < -0.3 is 10.2 Å². The lowest BCUT2D eigenvalue weighted by atomic mass is 10.1. The van der Waals surface area contributed by atoms with Crippen LogP contribution in [0.5, 0.6) is 0 Å². The number of carbonyl (C=O) groups excluding carboxylic acids is 2. The number of hydrogen-bond acceptors (Lipinski definition) is 2. The van der Waals surface area contributed by atoms with E-state index in [1.807, 2.05) is 0 Å². The standard InChI is InChI=1S/C19H17F3N2O2/c1-12-8-9-13(24-10-4-7-17(24)25)11-16(12)23-18(26)14-5-2-3-6-15(14)19(20,21)22/h2-3,5-6,8-9,11H,4,7,10H2,1H3,(H,23,26). The first kappa shape index (κ1) is 18.0. The van der Waals surface area contributed by atoms with Gasteiger partial charge >= 0.3 is 6.18 Å². The van der Waals surface area contributed by atoms with Crippen LogP contribution in [0.1, 0.15) is 34.3 Å². The van der Waals surface area contributed by atoms with Crippen LogP contribution in [0.4, 0.5) is 24.5 Å². The van der Waals surface area contributed by atoms with E-state index in [1.165, 1.54) is 12.1 Å². The van der Waals surface area contributed by atoms with Crippen molar-refractivity contribution in [3.63, 3.8) is 0 Å². The van der Waals surface area contributed by atoms with Crippen molar-refractivity contribution in [2.45, 2.75) is 25.9 Å². The molecule has 1 aliphatic heterocycles. The maximum atomic E-state index is 13.1. The van der Waals surface area contributed by atoms with Crippen molar-refractivity contribution in [1.82, 2.24) is 0 Å². The molecule has 0 radical (unpaired) electrons. The topological polar surface area (TPSA) is 49.4 Å². The number of halogens is 3. The minimum atomic E-state index is -4.62. The first-order valence-electron chi connectivity index (χ1n) is 8.16. The molecule has 136 valence electrons. The van der Waals surface area contributed by atoms with Gasteiger partial charge in [-0.25, -0.2) is 0 Å². The van der Waals surface area contributed by atoms with Crippen LogP contribution in [0.2, 0.25) is 0 Å². The fourth-order valence-electron chi connectivity index (χ4n) is 2.95. The number of aryl methyl sites for hydroxylation is 1. The van der Waals surface area contributed by atoms with E-state index < -0.39 is 23.2 Å². The quantitative estimate of drug-likeness (QED) is 0.880. The summed E-state index contributed by atoms with van der Waals surface area (Å²) < 4.78 is 39.3. The van der Waals surface area contributed by atoms with Crippen LogP contribution in [-0.4, -0.2) is 18.4 Å². The number of rotatable bonds is 3. The summed E-state index contributed by atoms with van der Waals surface area (Å²) in [5, 5.41) is 2.54. The van der Waals surface area contributed by atoms with E-state index in [4.69, 9.17) is 0 Å². The molecule has 2 aromatic carbocycles. The number of hydrogen-bond donors (Lipinski definition) is 1. The molecule has 0 unspecified atom stereocenters. The Labute approximate surface area is 148 Å². The first-order chi connectivity index (χ1) is 12.3. The molecule has 0 bridgehead atoms. The Balaban J connectivity index is 1.90. The Kier molecular flexibility index (Phi) is 4.71. The Morgan fingerprint density at radius 3 is 2.54 bits per heavy atom. The van der Waals surface area contributed by atoms with Gasteiger partial charge in [0.15, 0.2) is 0 Å². The number of nitrogens with one attached hydrogen (secondary N) is 1. The van der Waals surface area contributed by atoms with Gasteiger partial charge in [0.05, 0.1) is 11.1 Å². The molecule has 0 aromatic heterocycles. The fraction of sp³-hybridized carbons (Fsp3) is 0.263. The van der Waals surface area contributed by atoms with E-state index in [0.717, 1.165) is 18.6 Å². The highest BCUT2D eigenvalue weighted by atomic mass is 19.4. The summed E-state index contributed by atoms with van der Waals surface area (Å²) in [6.07, 6.45) is -3.39. The predicted octanol–water partition coefficient (Wildman–Crippen LogP) is 4.39. The van der Waals surface area contributed by atoms with E-state index in [1.54, 1.807) is 30.0 Å². The maximum Gasteiger partial charge on any atom is 0.417 e. The van der Waals surface area contributed by atoms with Crippen molar-refractivity contribution in [3.05, 3.63) is 59.2 Å². The predicted molar refractivity (Wildman–Crippen MR) is 92.2 cm³/mol. The van der Waals surface area contributed by atoms with Gasteiger partial charge in [0.1, 0.15) is 0 Å². The second-order valence-electron chi connectivity index (χ2n) is 6.15. The summed E-state index contributed by atoms with van der Waals surface area (Å²) in [4.78, 5) is 25.9. The third-order valence-electron chi connectivity index (χ3n) is 4.33. The van der Waals surface area contributed by atoms with E-state index >= 15 is 0 Å². The van der Waals surface area contributed by atoms with E-state index in [9.17, 15) is 22.8 Å². The third kappa shape index (κ3) is 3.56. The summed E-state index contributed by atoms with van der Waals surface area (Å²) in [6, 6.07) is 9.75. The molecule has 3 rings (SSSR count). The summed E-state index contributed by atoms with van der Waals surface area (Å²) in [5.41, 5.74) is 0.267. The van der Waals surface area contributed by atoms with Gasteiger partial charge in [0.25, 0.3) is 5.91 Å². The average Bonchev–Trinajstić information content (AvgIpc) is 3.02. The van der Waals surface area contributed by atoms with Gasteiger partial charge in [-0.05, 0) is 43.2 Å². The van der Waals surface area contributed by atoms with Gasteiger partial charge in [-0.15, -0.1) is 0 Å². The Morgan fingerprint density at radius 1 is 1.15 bits per heavy atom. The number of carbonyl (C=O) groups is 2. The molecule has 26 heavy (non-hydrogen) atoms. The van der Waals surface area contributed by atoms with Gasteiger partial charge in [-0.1, -0.05) is 18.2 Å². The van der Waals surface area contributed by atoms with Gasteiger partial charge in [-0.3, -0.25) is 9.59 Å². The van der Waals surface area contributed by atoms with Crippen LogP contribution in [0.3, 0.4) is 0 Å². The van der Waals surface area contributed by atoms with Gasteiger partial charge in [0.2, 0.25) is 5.91 Å². The van der Waals surface area contributed by atoms with E-state index in [0.29, 0.717) is 29.9 Å². The van der Waals surface area contributed by atoms with Crippen molar-refractivity contribution in [3.8, 4) is 0 Å². The zero-order valence-corrected chi connectivity index (χ0v) is 14.1. The molecule has 1 N–H and O–H groups in total. The van der Waals surface area contributed by atoms with Crippen molar-refractivity contribution in [1.29, 1.82) is 0 Å². The summed E-state index contributed by atoms with van der Waals surface area (Å²) >= 11 is 0. The molecule has 7 heteroatoms. The number of nitrogens with zero attached hydrogens (tertiary/aromatic N) is 1. The summed E-state index contributed by atoms with van der Waals surface area (Å²) in [6.45, 7) is 2.33. The molecule has 1 saturated heterocycles. The lowest BCUT2D eigenvalue weighted by molar-refractivity contribution is -0.137. The highest BCUT2D eigenvalue weighted by Crippen LogP contribution is 2.33. The Morgan fingerprint density at radius 2 is 1.88 bits per heavy atom. The number of benzene rings is 2. The smallest absolute Gasteiger partial charge is 0.322 e. The molecular formula is C19H17F3N2O2. The highest BCUT2D eigenvalue weighted by Gasteiger charge is 2.35. The first-order valence-corrected chi connectivity index (χ1v) is 8.16. The zero-order chi connectivity index (χ0) is 18.9. The SMILES string of the molecule is Cc1ccc(N2CCCC2=O)cc1NC(=O)c1ccccc1C(F)(F)F. The van der Waals surface area contributed by atoms with Crippen LogP contribution in [-0.2, 0) is 11.0 Å². The molecule has 1 aliphatic rings. The van der Waals surface area contributed by atoms with E-state index in [-0.39, 0.29) is 5.91 Å². The number of amides is 2. The number of alkyl halides is 3. The molecule has 0 aliphatic carbocycles. The average molecular weight is 362 g/mol. The molecule has 0 saturated carbocycles. The second-order valence-corrected chi connectivity index (χ2v) is 6.15. The van der Waals surface area contributed by atoms with E-state index in [2.05, 4.69) is 5.32 Å². The van der Waals surface area contributed by atoms with Crippen LogP contribution >= 0.6 is 0 Å². The Bertz CT molecular complexity index is 862. The monoisotopic (exact) mass is 362 g/mol. The zero-order valence-electron chi connectivity index (χ0n) is 14.1. The largest absolute Gasteiger partial charge is 0.417 e. The maximum absolute atomic E-state index is 13.1. The molecule has 2 aromatic rings. The Hall–Kier alpha value is -2.83. The van der Waals surface area contributed by atoms with Crippen molar-refractivity contribution in [2.24, 2.45) is 0 Å². The highest BCUT2D eigenvalue weighted by molar-refractivity contribution is 6.06. The van der Waals surface area contributed by atoms with Gasteiger partial charge in [0, 0.05) is 24.3 Å². The molecule has 1 heterocycles. The normalized spacial score (nSPS) is 14.6. The molecule has 1 fully saturated rings. The lowest BCUT2D eigenvalue weighted by Crippen LogP contribution is -2.24. The molecule has 0 spiro atoms. The molecule has 4 nitrogen and oxygen atoms in total. The van der Waals surface area contributed by atoms with Crippen molar-refractivity contribution < 1.29 is 22.8 Å². The van der Waals surface area contributed by atoms with Crippen LogP contribution in [0.15, 0.2) is 42.5 Å². The van der Waals surface area contributed by atoms with Crippen LogP contribution < -0.4 is 10.2 Å². The second kappa shape index (κ2) is 6.82. The third-order valence-corrected chi connectivity index (χ3v) is 4.33. The minimum Gasteiger partial charge on any atom is -0.322 e. The molecule has 2 amide bonds. The fourth-order valence-corrected chi connectivity index (χ4v) is 2.95. The van der Waals surface area contributed by atoms with Gasteiger partial charge in [-0.2, -0.15) is 13.2 Å². The van der Waals surface area contributed by atoms with Crippen LogP contribution in [0, 0.1) is 6.92 Å². The van der Waals surface area contributed by atoms with Crippen molar-refractivity contribution >= 4 is 23.2 Å². The summed E-state index contributed by atoms with van der Waals surface area (Å²) in [5.74, 6) is -0.848. The summed E-state index contributed by atoms with van der Waals surface area (Å²) in [7, 11) is 0. The molecule has 0 atom stereocenters. The van der Waals surface area contributed by atoms with Crippen LogP contribution in [0.25, 0.3) is 0 Å². The lowest BCUT2D eigenvalue weighted by Gasteiger charge is -2.19. The minimum absolute atomic E-state index is 0.00598. The molecular weight excluding hydrogens is 345 g/mol.